The maximum absolute atomic E-state index is 14.1. The van der Waals surface area contributed by atoms with Gasteiger partial charge >= 0.3 is 0 Å². The molecule has 34 heavy (non-hydrogen) atoms. The maximum atomic E-state index is 14.1. The minimum absolute atomic E-state index is 0. The van der Waals surface area contributed by atoms with Gasteiger partial charge < -0.3 is 15.4 Å². The second-order valence-corrected chi connectivity index (χ2v) is 7.60. The molecule has 2 N–H and O–H groups in total. The van der Waals surface area contributed by atoms with Crippen molar-refractivity contribution in [2.24, 2.45) is 0 Å². The second kappa shape index (κ2) is 10.9. The number of amides is 1. The zero-order valence-corrected chi connectivity index (χ0v) is 20.1. The topological polar surface area (TPSA) is 89.0 Å². The molecule has 0 aliphatic carbocycles. The standard InChI is InChI=1S/C25H24FN5O2.H2S/c1-15(17-5-4-6-18-19(25(32)27-2)9-10-28-24(17)18)13-29-23-12-21(30-14-31-23)16-7-8-22(33-3)20(26)11-16;/h4-12,14-15H,13H2,1-3H3,(H,27,32)(H,29,30,31);1H2/t15-;/m1./s1. The molecule has 0 aliphatic rings. The lowest BCUT2D eigenvalue weighted by Gasteiger charge is -2.16. The second-order valence-electron chi connectivity index (χ2n) is 7.60. The Morgan fingerprint density at radius 1 is 1.12 bits per heavy atom. The normalized spacial score (nSPS) is 11.4. The lowest BCUT2D eigenvalue weighted by molar-refractivity contribution is 0.0964. The zero-order valence-electron chi connectivity index (χ0n) is 19.1. The van der Waals surface area contributed by atoms with Crippen LogP contribution in [0.2, 0.25) is 0 Å². The number of halogens is 1. The van der Waals surface area contributed by atoms with Crippen LogP contribution in [0, 0.1) is 5.82 Å². The Bertz CT molecular complexity index is 1320. The molecular weight excluding hydrogens is 453 g/mol. The molecule has 4 rings (SSSR count). The molecule has 2 heterocycles. The zero-order chi connectivity index (χ0) is 23.4. The number of hydrogen-bond acceptors (Lipinski definition) is 6. The number of nitrogens with one attached hydrogen (secondary N) is 2. The van der Waals surface area contributed by atoms with E-state index < -0.39 is 5.82 Å². The van der Waals surface area contributed by atoms with Crippen LogP contribution in [0.3, 0.4) is 0 Å². The quantitative estimate of drug-likeness (QED) is 0.405. The first-order valence-electron chi connectivity index (χ1n) is 10.5. The van der Waals surface area contributed by atoms with Crippen molar-refractivity contribution in [3.05, 3.63) is 78.0 Å². The van der Waals surface area contributed by atoms with E-state index in [1.165, 1.54) is 19.5 Å². The lowest BCUT2D eigenvalue weighted by Crippen LogP contribution is -2.18. The number of aromatic nitrogens is 3. The van der Waals surface area contributed by atoms with Crippen LogP contribution in [0.15, 0.2) is 61.1 Å². The molecule has 0 saturated heterocycles. The van der Waals surface area contributed by atoms with Crippen LogP contribution >= 0.6 is 13.5 Å². The average molecular weight is 480 g/mol. The Labute approximate surface area is 204 Å². The number of carbonyl (C=O) groups excluding carboxylic acids is 1. The van der Waals surface area contributed by atoms with Crippen LogP contribution in [-0.4, -0.2) is 41.6 Å². The van der Waals surface area contributed by atoms with E-state index in [4.69, 9.17) is 4.74 Å². The number of ether oxygens (including phenoxy) is 1. The number of hydrogen-bond donors (Lipinski definition) is 2. The summed E-state index contributed by atoms with van der Waals surface area (Å²) in [5, 5.41) is 6.81. The molecular formula is C25H26FN5O2S. The molecule has 0 radical (unpaired) electrons. The van der Waals surface area contributed by atoms with Crippen molar-refractivity contribution >= 4 is 36.1 Å². The third-order valence-electron chi connectivity index (χ3n) is 5.51. The highest BCUT2D eigenvalue weighted by atomic mass is 32.1. The smallest absolute Gasteiger partial charge is 0.251 e. The minimum atomic E-state index is -0.448. The van der Waals surface area contributed by atoms with Gasteiger partial charge in [-0.25, -0.2) is 14.4 Å². The number of fused-ring (bicyclic) bond motifs is 1. The third kappa shape index (κ3) is 5.09. The molecule has 0 saturated carbocycles. The summed E-state index contributed by atoms with van der Waals surface area (Å²) in [6.07, 6.45) is 3.10. The number of methoxy groups -OCH3 is 1. The van der Waals surface area contributed by atoms with Crippen molar-refractivity contribution in [3.8, 4) is 17.0 Å². The first kappa shape index (κ1) is 24.9. The van der Waals surface area contributed by atoms with Gasteiger partial charge in [-0.3, -0.25) is 9.78 Å². The summed E-state index contributed by atoms with van der Waals surface area (Å²) in [5.74, 6) is 0.300. The van der Waals surface area contributed by atoms with Crippen molar-refractivity contribution in [3.63, 3.8) is 0 Å². The largest absolute Gasteiger partial charge is 0.494 e. The van der Waals surface area contributed by atoms with Gasteiger partial charge in [-0.1, -0.05) is 25.1 Å². The Balaban J connectivity index is 0.00000324. The van der Waals surface area contributed by atoms with Crippen LogP contribution in [0.5, 0.6) is 5.75 Å². The molecule has 0 unspecified atom stereocenters. The third-order valence-corrected chi connectivity index (χ3v) is 5.51. The van der Waals surface area contributed by atoms with Gasteiger partial charge in [-0.05, 0) is 29.8 Å². The van der Waals surface area contributed by atoms with Crippen LogP contribution in [0.1, 0.15) is 28.8 Å². The molecule has 176 valence electrons. The molecule has 0 bridgehead atoms. The fourth-order valence-corrected chi connectivity index (χ4v) is 3.73. The molecule has 2 aromatic heterocycles. The summed E-state index contributed by atoms with van der Waals surface area (Å²) in [4.78, 5) is 25.3. The van der Waals surface area contributed by atoms with Gasteiger partial charge in [0.25, 0.3) is 5.91 Å². The van der Waals surface area contributed by atoms with Crippen molar-refractivity contribution < 1.29 is 13.9 Å². The van der Waals surface area contributed by atoms with Gasteiger partial charge in [-0.2, -0.15) is 13.5 Å². The highest BCUT2D eigenvalue weighted by molar-refractivity contribution is 7.59. The van der Waals surface area contributed by atoms with E-state index in [-0.39, 0.29) is 31.1 Å². The first-order chi connectivity index (χ1) is 16.0. The molecule has 1 amide bonds. The number of carbonyl (C=O) groups is 1. The van der Waals surface area contributed by atoms with Crippen molar-refractivity contribution in [1.82, 2.24) is 20.3 Å². The van der Waals surface area contributed by atoms with Crippen molar-refractivity contribution in [2.45, 2.75) is 12.8 Å². The number of anilines is 1. The molecule has 7 nitrogen and oxygen atoms in total. The van der Waals surface area contributed by atoms with Crippen molar-refractivity contribution in [2.75, 3.05) is 26.0 Å². The van der Waals surface area contributed by atoms with E-state index in [2.05, 4.69) is 32.5 Å². The van der Waals surface area contributed by atoms with Crippen LogP contribution < -0.4 is 15.4 Å². The Morgan fingerprint density at radius 3 is 2.68 bits per heavy atom. The molecule has 9 heteroatoms. The Morgan fingerprint density at radius 2 is 1.94 bits per heavy atom. The fourth-order valence-electron chi connectivity index (χ4n) is 3.73. The first-order valence-corrected chi connectivity index (χ1v) is 10.5. The van der Waals surface area contributed by atoms with Gasteiger partial charge in [0.05, 0.1) is 23.9 Å². The van der Waals surface area contributed by atoms with E-state index >= 15 is 0 Å². The predicted octanol–water partition coefficient (Wildman–Crippen LogP) is 4.53. The summed E-state index contributed by atoms with van der Waals surface area (Å²) in [7, 11) is 3.04. The number of pyridine rings is 1. The molecule has 4 aromatic rings. The summed E-state index contributed by atoms with van der Waals surface area (Å²) in [5.41, 5.74) is 3.65. The molecule has 2 aromatic carbocycles. The van der Waals surface area contributed by atoms with Crippen LogP contribution in [0.25, 0.3) is 22.2 Å². The monoisotopic (exact) mass is 479 g/mol. The van der Waals surface area contributed by atoms with E-state index in [1.54, 1.807) is 37.5 Å². The summed E-state index contributed by atoms with van der Waals surface area (Å²) in [6.45, 7) is 2.66. The van der Waals surface area contributed by atoms with Crippen molar-refractivity contribution in [1.29, 1.82) is 0 Å². The van der Waals surface area contributed by atoms with Gasteiger partial charge in [0, 0.05) is 42.7 Å². The van der Waals surface area contributed by atoms with E-state index in [0.29, 0.717) is 29.2 Å². The van der Waals surface area contributed by atoms with Gasteiger partial charge in [0.15, 0.2) is 11.6 Å². The van der Waals surface area contributed by atoms with Gasteiger partial charge in [0.2, 0.25) is 0 Å². The predicted molar refractivity (Wildman–Crippen MR) is 136 cm³/mol. The highest BCUT2D eigenvalue weighted by Crippen LogP contribution is 2.28. The molecule has 0 fully saturated rings. The van der Waals surface area contributed by atoms with Gasteiger partial charge in [-0.15, -0.1) is 0 Å². The Kier molecular flexibility index (Phi) is 8.01. The fraction of sp³-hybridized carbons (Fsp3) is 0.200. The number of para-hydroxylation sites is 1. The number of nitrogens with zero attached hydrogens (tertiary/aromatic N) is 3. The molecule has 0 spiro atoms. The lowest BCUT2D eigenvalue weighted by atomic mass is 9.96. The van der Waals surface area contributed by atoms with E-state index in [0.717, 1.165) is 16.5 Å². The van der Waals surface area contributed by atoms with Gasteiger partial charge in [0.1, 0.15) is 12.1 Å². The van der Waals surface area contributed by atoms with E-state index in [9.17, 15) is 9.18 Å². The van der Waals surface area contributed by atoms with Crippen LogP contribution in [0.4, 0.5) is 10.2 Å². The molecule has 1 atom stereocenters. The van der Waals surface area contributed by atoms with Crippen LogP contribution in [-0.2, 0) is 0 Å². The summed E-state index contributed by atoms with van der Waals surface area (Å²) in [6, 6.07) is 14.1. The summed E-state index contributed by atoms with van der Waals surface area (Å²) < 4.78 is 19.1. The SMILES string of the molecule is CNC(=O)c1ccnc2c([C@H](C)CNc3cc(-c4ccc(OC)c(F)c4)ncn3)cccc12.S. The Hall–Kier alpha value is -3.72. The summed E-state index contributed by atoms with van der Waals surface area (Å²) >= 11 is 0. The minimum Gasteiger partial charge on any atom is -0.494 e. The maximum Gasteiger partial charge on any atom is 0.251 e. The molecule has 0 aliphatic heterocycles. The highest BCUT2D eigenvalue weighted by Gasteiger charge is 2.15. The number of benzene rings is 2. The average Bonchev–Trinajstić information content (AvgIpc) is 2.86. The van der Waals surface area contributed by atoms with E-state index in [1.807, 2.05) is 18.2 Å². The number of rotatable bonds is 7.